The number of piperazine rings is 1. The highest BCUT2D eigenvalue weighted by Crippen LogP contribution is 2.33. The minimum absolute atomic E-state index is 0.229. The third-order valence-electron chi connectivity index (χ3n) is 4.94. The summed E-state index contributed by atoms with van der Waals surface area (Å²) in [5, 5.41) is 3.53. The first kappa shape index (κ1) is 20.9. The standard InChI is InChI=1S/C21H25Cl2N3O2/c1-25-7-9-26(10-8-25)14-16-5-3-15(4-6-16)13-24-21(27)17-11-18(22)20(28-2)19(23)12-17/h3-6,11-12H,7-10,13-14H2,1-2H3,(H,24,27). The summed E-state index contributed by atoms with van der Waals surface area (Å²) in [6.45, 7) is 5.83. The summed E-state index contributed by atoms with van der Waals surface area (Å²) in [4.78, 5) is 17.2. The molecule has 1 aliphatic heterocycles. The Bertz CT molecular complexity index is 796. The average Bonchev–Trinajstić information content (AvgIpc) is 2.68. The van der Waals surface area contributed by atoms with Crippen LogP contribution in [0.4, 0.5) is 0 Å². The van der Waals surface area contributed by atoms with Gasteiger partial charge < -0.3 is 15.0 Å². The van der Waals surface area contributed by atoms with E-state index in [-0.39, 0.29) is 5.91 Å². The van der Waals surface area contributed by atoms with Crippen molar-refractivity contribution < 1.29 is 9.53 Å². The van der Waals surface area contributed by atoms with E-state index in [2.05, 4.69) is 46.4 Å². The third-order valence-corrected chi connectivity index (χ3v) is 5.50. The van der Waals surface area contributed by atoms with E-state index >= 15 is 0 Å². The number of halogens is 2. The van der Waals surface area contributed by atoms with Gasteiger partial charge in [0.2, 0.25) is 0 Å². The zero-order valence-corrected chi connectivity index (χ0v) is 17.7. The number of nitrogens with zero attached hydrogens (tertiary/aromatic N) is 2. The predicted octanol–water partition coefficient (Wildman–Crippen LogP) is 3.68. The average molecular weight is 422 g/mol. The Balaban J connectivity index is 1.54. The molecule has 0 aliphatic carbocycles. The first-order valence-corrected chi connectivity index (χ1v) is 10.0. The van der Waals surface area contributed by atoms with Crippen molar-refractivity contribution in [2.75, 3.05) is 40.3 Å². The van der Waals surface area contributed by atoms with E-state index in [9.17, 15) is 4.79 Å². The molecule has 1 heterocycles. The van der Waals surface area contributed by atoms with E-state index in [4.69, 9.17) is 27.9 Å². The van der Waals surface area contributed by atoms with Crippen molar-refractivity contribution in [2.45, 2.75) is 13.1 Å². The zero-order valence-electron chi connectivity index (χ0n) is 16.2. The van der Waals surface area contributed by atoms with Crippen molar-refractivity contribution in [1.29, 1.82) is 0 Å². The minimum atomic E-state index is -0.229. The molecule has 0 radical (unpaired) electrons. The molecule has 1 aliphatic rings. The van der Waals surface area contributed by atoms with Crippen LogP contribution >= 0.6 is 23.2 Å². The lowest BCUT2D eigenvalue weighted by molar-refractivity contribution is 0.0951. The van der Waals surface area contributed by atoms with Crippen LogP contribution in [0.25, 0.3) is 0 Å². The van der Waals surface area contributed by atoms with Crippen molar-refractivity contribution in [2.24, 2.45) is 0 Å². The van der Waals surface area contributed by atoms with E-state index in [1.165, 1.54) is 12.7 Å². The molecule has 150 valence electrons. The maximum atomic E-state index is 12.4. The van der Waals surface area contributed by atoms with E-state index in [0.717, 1.165) is 38.3 Å². The molecular weight excluding hydrogens is 397 g/mol. The summed E-state index contributed by atoms with van der Waals surface area (Å²) in [7, 11) is 3.65. The quantitative estimate of drug-likeness (QED) is 0.772. The number of hydrogen-bond donors (Lipinski definition) is 1. The van der Waals surface area contributed by atoms with Gasteiger partial charge in [-0.25, -0.2) is 0 Å². The van der Waals surface area contributed by atoms with Crippen LogP contribution in [-0.4, -0.2) is 56.0 Å². The molecule has 1 N–H and O–H groups in total. The molecule has 7 heteroatoms. The Morgan fingerprint density at radius 1 is 1.04 bits per heavy atom. The Labute approximate surface area is 176 Å². The van der Waals surface area contributed by atoms with E-state index in [1.54, 1.807) is 12.1 Å². The summed E-state index contributed by atoms with van der Waals surface area (Å²) in [6.07, 6.45) is 0. The van der Waals surface area contributed by atoms with Gasteiger partial charge in [-0.05, 0) is 30.3 Å². The lowest BCUT2D eigenvalue weighted by atomic mass is 10.1. The number of rotatable bonds is 6. The van der Waals surface area contributed by atoms with Crippen LogP contribution in [0.5, 0.6) is 5.75 Å². The van der Waals surface area contributed by atoms with Crippen LogP contribution in [0, 0.1) is 0 Å². The Morgan fingerprint density at radius 3 is 2.18 bits per heavy atom. The molecule has 0 bridgehead atoms. The molecule has 0 unspecified atom stereocenters. The fourth-order valence-corrected chi connectivity index (χ4v) is 3.84. The highest BCUT2D eigenvalue weighted by molar-refractivity contribution is 6.37. The van der Waals surface area contributed by atoms with Gasteiger partial charge in [0.25, 0.3) is 5.91 Å². The van der Waals surface area contributed by atoms with Gasteiger partial charge in [0.15, 0.2) is 5.75 Å². The monoisotopic (exact) mass is 421 g/mol. The summed E-state index contributed by atoms with van der Waals surface area (Å²) in [5.74, 6) is 0.142. The summed E-state index contributed by atoms with van der Waals surface area (Å²) >= 11 is 12.2. The van der Waals surface area contributed by atoms with Crippen molar-refractivity contribution in [1.82, 2.24) is 15.1 Å². The number of carbonyl (C=O) groups is 1. The topological polar surface area (TPSA) is 44.8 Å². The molecule has 0 saturated carbocycles. The largest absolute Gasteiger partial charge is 0.494 e. The normalized spacial score (nSPS) is 15.4. The Morgan fingerprint density at radius 2 is 1.61 bits per heavy atom. The maximum Gasteiger partial charge on any atom is 0.251 e. The lowest BCUT2D eigenvalue weighted by Crippen LogP contribution is -2.43. The second-order valence-electron chi connectivity index (χ2n) is 7.05. The number of likely N-dealkylation sites (N-methyl/N-ethyl adjacent to an activating group) is 1. The molecule has 1 saturated heterocycles. The predicted molar refractivity (Wildman–Crippen MR) is 113 cm³/mol. The molecule has 1 fully saturated rings. The minimum Gasteiger partial charge on any atom is -0.494 e. The van der Waals surface area contributed by atoms with Crippen molar-refractivity contribution in [3.8, 4) is 5.75 Å². The molecule has 0 atom stereocenters. The SMILES string of the molecule is COc1c(Cl)cc(C(=O)NCc2ccc(CN3CCN(C)CC3)cc2)cc1Cl. The molecule has 5 nitrogen and oxygen atoms in total. The van der Waals surface area contributed by atoms with Crippen LogP contribution in [0.15, 0.2) is 36.4 Å². The van der Waals surface area contributed by atoms with Crippen molar-refractivity contribution in [3.63, 3.8) is 0 Å². The van der Waals surface area contributed by atoms with Gasteiger partial charge in [0.1, 0.15) is 0 Å². The van der Waals surface area contributed by atoms with Gasteiger partial charge in [-0.3, -0.25) is 9.69 Å². The Kier molecular flexibility index (Phi) is 7.18. The number of benzene rings is 2. The summed E-state index contributed by atoms with van der Waals surface area (Å²) < 4.78 is 5.11. The van der Waals surface area contributed by atoms with Gasteiger partial charge in [0.05, 0.1) is 17.2 Å². The van der Waals surface area contributed by atoms with Crippen LogP contribution in [0.2, 0.25) is 10.0 Å². The van der Waals surface area contributed by atoms with Gasteiger partial charge in [0, 0.05) is 44.8 Å². The molecule has 1 amide bonds. The van der Waals surface area contributed by atoms with Gasteiger partial charge >= 0.3 is 0 Å². The van der Waals surface area contributed by atoms with Gasteiger partial charge in [-0.15, -0.1) is 0 Å². The van der Waals surface area contributed by atoms with Gasteiger partial charge in [-0.1, -0.05) is 47.5 Å². The number of nitrogens with one attached hydrogen (secondary N) is 1. The molecule has 3 rings (SSSR count). The number of carbonyl (C=O) groups excluding carboxylic acids is 1. The van der Waals surface area contributed by atoms with E-state index < -0.39 is 0 Å². The Hall–Kier alpha value is -1.79. The molecular formula is C21H25Cl2N3O2. The fourth-order valence-electron chi connectivity index (χ4n) is 3.20. The molecule has 0 spiro atoms. The molecule has 0 aromatic heterocycles. The summed E-state index contributed by atoms with van der Waals surface area (Å²) in [5.41, 5.74) is 2.73. The molecule has 2 aromatic rings. The zero-order chi connectivity index (χ0) is 20.1. The van der Waals surface area contributed by atoms with E-state index in [1.807, 2.05) is 0 Å². The van der Waals surface area contributed by atoms with Crippen LogP contribution in [-0.2, 0) is 13.1 Å². The first-order valence-electron chi connectivity index (χ1n) is 9.26. The number of methoxy groups -OCH3 is 1. The number of amides is 1. The maximum absolute atomic E-state index is 12.4. The van der Waals surface area contributed by atoms with Crippen molar-refractivity contribution >= 4 is 29.1 Å². The van der Waals surface area contributed by atoms with Crippen LogP contribution < -0.4 is 10.1 Å². The molecule has 28 heavy (non-hydrogen) atoms. The number of hydrogen-bond acceptors (Lipinski definition) is 4. The highest BCUT2D eigenvalue weighted by atomic mass is 35.5. The lowest BCUT2D eigenvalue weighted by Gasteiger charge is -2.32. The second kappa shape index (κ2) is 9.61. The van der Waals surface area contributed by atoms with E-state index in [0.29, 0.717) is 27.9 Å². The van der Waals surface area contributed by atoms with Gasteiger partial charge in [-0.2, -0.15) is 0 Å². The highest BCUT2D eigenvalue weighted by Gasteiger charge is 2.15. The third kappa shape index (κ3) is 5.39. The molecule has 2 aromatic carbocycles. The van der Waals surface area contributed by atoms with Crippen molar-refractivity contribution in [3.05, 3.63) is 63.1 Å². The summed E-state index contributed by atoms with van der Waals surface area (Å²) in [6, 6.07) is 11.5. The van der Waals surface area contributed by atoms with Crippen LogP contribution in [0.3, 0.4) is 0 Å². The second-order valence-corrected chi connectivity index (χ2v) is 7.87. The first-order chi connectivity index (χ1) is 13.5. The smallest absolute Gasteiger partial charge is 0.251 e. The van der Waals surface area contributed by atoms with Crippen LogP contribution in [0.1, 0.15) is 21.5 Å². The fraction of sp³-hybridized carbons (Fsp3) is 0.381. The number of ether oxygens (including phenoxy) is 1.